The zero-order valence-corrected chi connectivity index (χ0v) is 36.9. The zero-order valence-electron chi connectivity index (χ0n) is 36.1. The number of fused-ring (bicyclic) bond motifs is 11. The second-order valence-corrected chi connectivity index (χ2v) is 18.3. The molecule has 3 aromatic heterocycles. The third-order valence-electron chi connectivity index (χ3n) is 13.3. The lowest BCUT2D eigenvalue weighted by molar-refractivity contribution is 0.629. The van der Waals surface area contributed by atoms with Gasteiger partial charge < -0.3 is 14.0 Å². The van der Waals surface area contributed by atoms with Gasteiger partial charge in [0.15, 0.2) is 0 Å². The molecule has 3 aliphatic rings. The molecule has 1 atom stereocenters. The van der Waals surface area contributed by atoms with Crippen LogP contribution in [0.5, 0.6) is 0 Å². The summed E-state index contributed by atoms with van der Waals surface area (Å²) >= 11 is 1.99. The van der Waals surface area contributed by atoms with E-state index in [0.717, 1.165) is 58.6 Å². The maximum Gasteiger partial charge on any atom is 0.0596 e. The van der Waals surface area contributed by atoms with Crippen molar-refractivity contribution in [2.45, 2.75) is 71.8 Å². The topological polar surface area (TPSA) is 13.1 Å². The first-order chi connectivity index (χ1) is 29.7. The number of benzene rings is 4. The first-order valence-electron chi connectivity index (χ1n) is 21.8. The zero-order chi connectivity index (χ0) is 42.2. The van der Waals surface area contributed by atoms with E-state index in [4.69, 9.17) is 6.58 Å². The maximum absolute atomic E-state index is 4.81. The molecule has 0 radical (unpaired) electrons. The fourth-order valence-corrected chi connectivity index (χ4v) is 11.7. The number of anilines is 1. The fraction of sp³-hybridized carbons (Fsp3) is 0.193. The molecule has 0 amide bonds. The first-order valence-corrected chi connectivity index (χ1v) is 22.6. The van der Waals surface area contributed by atoms with Crippen LogP contribution >= 0.6 is 11.3 Å². The summed E-state index contributed by atoms with van der Waals surface area (Å²) in [6.45, 7) is 25.3. The van der Waals surface area contributed by atoms with E-state index < -0.39 is 0 Å². The van der Waals surface area contributed by atoms with Gasteiger partial charge in [-0.25, -0.2) is 0 Å². The highest BCUT2D eigenvalue weighted by molar-refractivity contribution is 7.20. The average molecular weight is 812 g/mol. The molecular formula is C57H53N3S. The van der Waals surface area contributed by atoms with Crippen molar-refractivity contribution in [2.75, 3.05) is 4.90 Å². The van der Waals surface area contributed by atoms with Crippen molar-refractivity contribution in [3.8, 4) is 5.69 Å². The van der Waals surface area contributed by atoms with Crippen LogP contribution in [0.1, 0.15) is 109 Å². The second kappa shape index (κ2) is 15.0. The highest BCUT2D eigenvalue weighted by atomic mass is 32.1. The van der Waals surface area contributed by atoms with Crippen LogP contribution in [0.3, 0.4) is 0 Å². The van der Waals surface area contributed by atoms with Gasteiger partial charge in [0.25, 0.3) is 0 Å². The van der Waals surface area contributed by atoms with Crippen LogP contribution in [-0.4, -0.2) is 9.13 Å². The summed E-state index contributed by atoms with van der Waals surface area (Å²) in [6.07, 6.45) is 27.0. The number of rotatable bonds is 10. The van der Waals surface area contributed by atoms with Crippen LogP contribution in [0.25, 0.3) is 67.5 Å². The van der Waals surface area contributed by atoms with Gasteiger partial charge in [0.2, 0.25) is 0 Å². The lowest BCUT2D eigenvalue weighted by Gasteiger charge is -2.35. The number of hydrogen-bond acceptors (Lipinski definition) is 2. The Bertz CT molecular complexity index is 3160. The Hall–Kier alpha value is -6.36. The Balaban J connectivity index is 1.11. The molecule has 0 saturated heterocycles. The molecule has 3 nitrogen and oxygen atoms in total. The van der Waals surface area contributed by atoms with Gasteiger partial charge in [0, 0.05) is 89.9 Å². The van der Waals surface area contributed by atoms with Crippen LogP contribution in [0.15, 0.2) is 141 Å². The van der Waals surface area contributed by atoms with E-state index in [1.54, 1.807) is 0 Å². The van der Waals surface area contributed by atoms with E-state index in [2.05, 4.69) is 183 Å². The van der Waals surface area contributed by atoms with E-state index in [1.165, 1.54) is 70.4 Å². The number of para-hydroxylation sites is 2. The quantitative estimate of drug-likeness (QED) is 0.125. The third-order valence-corrected chi connectivity index (χ3v) is 14.6. The Kier molecular flexibility index (Phi) is 9.53. The molecule has 4 aromatic carbocycles. The number of hydrogen-bond donors (Lipinski definition) is 0. The van der Waals surface area contributed by atoms with Crippen molar-refractivity contribution in [1.29, 1.82) is 0 Å². The highest BCUT2D eigenvalue weighted by Gasteiger charge is 2.37. The molecule has 1 unspecified atom stereocenters. The third kappa shape index (κ3) is 5.83. The molecule has 5 heterocycles. The molecule has 7 aromatic rings. The van der Waals surface area contributed by atoms with Gasteiger partial charge in [-0.3, -0.25) is 0 Å². The van der Waals surface area contributed by atoms with Crippen molar-refractivity contribution < 1.29 is 0 Å². The highest BCUT2D eigenvalue weighted by Crippen LogP contribution is 2.53. The van der Waals surface area contributed by atoms with Gasteiger partial charge in [0.1, 0.15) is 0 Å². The van der Waals surface area contributed by atoms with E-state index in [9.17, 15) is 0 Å². The molecule has 0 bridgehead atoms. The molecule has 2 aliphatic heterocycles. The molecule has 4 heteroatoms. The smallest absolute Gasteiger partial charge is 0.0596 e. The van der Waals surface area contributed by atoms with Crippen molar-refractivity contribution >= 4 is 78.8 Å². The molecular weight excluding hydrogens is 759 g/mol. The maximum atomic E-state index is 4.81. The monoisotopic (exact) mass is 811 g/mol. The van der Waals surface area contributed by atoms with E-state index in [0.29, 0.717) is 6.54 Å². The van der Waals surface area contributed by atoms with Gasteiger partial charge in [-0.2, -0.15) is 0 Å². The number of nitrogens with zero attached hydrogens (tertiary/aromatic N) is 3. The SMILES string of the molecule is C=C/C=C\Cn1c(/C=C\C)c(C=C)c2c1C(=C)c1ccccc1N(/C(=C/C(C)c1ccc3c(c1)C(C)(C)c1cc4c5c(sc4c4c6ccccc6n-3c14)CC=C5)CCC)/C=C\2. The number of allylic oxidation sites excluding steroid dienone is 7. The van der Waals surface area contributed by atoms with E-state index in [1.807, 2.05) is 29.6 Å². The van der Waals surface area contributed by atoms with Gasteiger partial charge in [-0.15, -0.1) is 11.3 Å². The Morgan fingerprint density at radius 2 is 1.75 bits per heavy atom. The van der Waals surface area contributed by atoms with Crippen molar-refractivity contribution in [1.82, 2.24) is 9.13 Å². The molecule has 302 valence electrons. The standard InChI is InChI=1S/C57H53N3S/c1-9-13-18-31-59-48(21-11-3)40(12-4)43-30-32-58(49-25-16-14-22-41(49)37(6)54(43)59)39(20-10-2)33-36(5)38-28-29-51-46(34-38)57(7,8)47-35-45-42-24-19-27-52(42)61-56(45)53-44-23-15-17-26-50(44)60(51)55(47)53/h9,11-19,21-26,28-30,32-36H,1,4,6,10,20,27,31H2,2-3,5,7-8H3/b18-13-,21-11-,32-30-,39-33+. The summed E-state index contributed by atoms with van der Waals surface area (Å²) in [6, 6.07) is 27.6. The Labute approximate surface area is 364 Å². The van der Waals surface area contributed by atoms with E-state index in [-0.39, 0.29) is 11.3 Å². The van der Waals surface area contributed by atoms with E-state index >= 15 is 0 Å². The minimum Gasteiger partial charge on any atom is -0.336 e. The van der Waals surface area contributed by atoms with Gasteiger partial charge in [-0.05, 0) is 72.0 Å². The van der Waals surface area contributed by atoms with Crippen molar-refractivity contribution in [2.24, 2.45) is 0 Å². The van der Waals surface area contributed by atoms with Crippen LogP contribution in [-0.2, 0) is 18.4 Å². The minimum atomic E-state index is -0.204. The molecule has 61 heavy (non-hydrogen) atoms. The summed E-state index contributed by atoms with van der Waals surface area (Å²) in [4.78, 5) is 3.91. The van der Waals surface area contributed by atoms with Crippen LogP contribution in [0, 0.1) is 0 Å². The summed E-state index contributed by atoms with van der Waals surface area (Å²) in [5, 5.41) is 4.16. The lowest BCUT2D eigenvalue weighted by Crippen LogP contribution is -2.26. The molecule has 0 N–H and O–H groups in total. The number of aromatic nitrogens is 2. The minimum absolute atomic E-state index is 0.158. The van der Waals surface area contributed by atoms with Crippen LogP contribution < -0.4 is 4.90 Å². The van der Waals surface area contributed by atoms with Gasteiger partial charge in [-0.1, -0.05) is 151 Å². The predicted molar refractivity (Wildman–Crippen MR) is 267 cm³/mol. The summed E-state index contributed by atoms with van der Waals surface area (Å²) in [5.41, 5.74) is 18.3. The van der Waals surface area contributed by atoms with Gasteiger partial charge >= 0.3 is 0 Å². The predicted octanol–water partition coefficient (Wildman–Crippen LogP) is 15.8. The molecule has 10 rings (SSSR count). The molecule has 0 saturated carbocycles. The van der Waals surface area contributed by atoms with Crippen molar-refractivity contribution in [3.05, 3.63) is 196 Å². The second-order valence-electron chi connectivity index (χ2n) is 17.2. The Morgan fingerprint density at radius 3 is 2.56 bits per heavy atom. The van der Waals surface area contributed by atoms with Crippen molar-refractivity contribution in [3.63, 3.8) is 0 Å². The first kappa shape index (κ1) is 38.8. The Morgan fingerprint density at radius 1 is 0.934 bits per heavy atom. The summed E-state index contributed by atoms with van der Waals surface area (Å²) in [7, 11) is 0. The molecule has 0 spiro atoms. The van der Waals surface area contributed by atoms with Crippen LogP contribution in [0.2, 0.25) is 0 Å². The summed E-state index contributed by atoms with van der Waals surface area (Å²) in [5.74, 6) is 0.158. The van der Waals surface area contributed by atoms with Gasteiger partial charge in [0.05, 0.1) is 28.1 Å². The largest absolute Gasteiger partial charge is 0.336 e. The molecule has 1 aliphatic carbocycles. The lowest BCUT2D eigenvalue weighted by atomic mass is 9.73. The average Bonchev–Trinajstić information content (AvgIpc) is 4.02. The fourth-order valence-electron chi connectivity index (χ4n) is 10.4. The van der Waals surface area contributed by atoms with Crippen LogP contribution in [0.4, 0.5) is 5.69 Å². The molecule has 0 fully saturated rings. The number of thiophene rings is 1. The summed E-state index contributed by atoms with van der Waals surface area (Å²) < 4.78 is 6.36. The normalized spacial score (nSPS) is 16.3.